The van der Waals surface area contributed by atoms with Crippen LogP contribution < -0.4 is 0 Å². The average Bonchev–Trinajstić information content (AvgIpc) is 2.14. The monoisotopic (exact) mass is 290 g/mol. The van der Waals surface area contributed by atoms with Crippen LogP contribution in [-0.2, 0) is 22.5 Å². The molecular formula is C8H20O7P2. The van der Waals surface area contributed by atoms with Crippen molar-refractivity contribution in [3.05, 3.63) is 0 Å². The Kier molecular flexibility index (Phi) is 8.51. The molecule has 2 N–H and O–H groups in total. The van der Waals surface area contributed by atoms with E-state index in [1.165, 1.54) is 6.92 Å². The molecule has 9 heteroatoms. The smallest absolute Gasteiger partial charge is 0.302 e. The fraction of sp³-hybridized carbons (Fsp3) is 1.00. The summed E-state index contributed by atoms with van der Waals surface area (Å²) in [5.74, 6) is 0. The number of phosphoric ester groups is 1. The van der Waals surface area contributed by atoms with Gasteiger partial charge in [0.05, 0.1) is 13.2 Å². The molecule has 0 aromatic rings. The summed E-state index contributed by atoms with van der Waals surface area (Å²) in [4.78, 5) is 17.2. The molecule has 0 heterocycles. The summed E-state index contributed by atoms with van der Waals surface area (Å²) >= 11 is 0. The van der Waals surface area contributed by atoms with Crippen LogP contribution in [0.5, 0.6) is 0 Å². The molecule has 104 valence electrons. The van der Waals surface area contributed by atoms with Gasteiger partial charge in [-0.2, -0.15) is 4.31 Å². The lowest BCUT2D eigenvalue weighted by atomic mass is 10.2. The van der Waals surface area contributed by atoms with Crippen LogP contribution in [0.2, 0.25) is 0 Å². The Balaban J connectivity index is 4.13. The predicted molar refractivity (Wildman–Crippen MR) is 62.5 cm³/mol. The van der Waals surface area contributed by atoms with Crippen molar-refractivity contribution in [2.24, 2.45) is 0 Å². The van der Waals surface area contributed by atoms with Crippen molar-refractivity contribution < 1.29 is 32.3 Å². The molecule has 0 radical (unpaired) electrons. The normalized spacial score (nSPS) is 15.8. The third-order valence-electron chi connectivity index (χ3n) is 1.74. The molecular weight excluding hydrogens is 270 g/mol. The van der Waals surface area contributed by atoms with Crippen LogP contribution in [-0.4, -0.2) is 23.0 Å². The standard InChI is InChI=1S/C8H20O7P2/c1-3-5-6-7-8-14-17(12,13-4-2)15-16(9,10)11/h3-8H2,1-2H3,(H2,9,10,11). The zero-order valence-electron chi connectivity index (χ0n) is 10.1. The first-order valence-corrected chi connectivity index (χ1v) is 8.48. The van der Waals surface area contributed by atoms with Gasteiger partial charge in [0.2, 0.25) is 0 Å². The molecule has 1 atom stereocenters. The Morgan fingerprint density at radius 1 is 1.00 bits per heavy atom. The summed E-state index contributed by atoms with van der Waals surface area (Å²) in [6.45, 7) is 3.63. The molecule has 0 bridgehead atoms. The highest BCUT2D eigenvalue weighted by Crippen LogP contribution is 2.61. The molecule has 0 aromatic carbocycles. The van der Waals surface area contributed by atoms with Crippen LogP contribution in [0.15, 0.2) is 0 Å². The predicted octanol–water partition coefficient (Wildman–Crippen LogP) is 2.84. The quantitative estimate of drug-likeness (QED) is 0.471. The highest BCUT2D eigenvalue weighted by Gasteiger charge is 2.35. The maximum absolute atomic E-state index is 11.7. The van der Waals surface area contributed by atoms with Crippen molar-refractivity contribution in [2.75, 3.05) is 13.2 Å². The van der Waals surface area contributed by atoms with Gasteiger partial charge in [-0.25, -0.2) is 9.13 Å². The third-order valence-corrected chi connectivity index (χ3v) is 4.47. The van der Waals surface area contributed by atoms with Crippen LogP contribution >= 0.6 is 15.6 Å². The highest BCUT2D eigenvalue weighted by atomic mass is 31.3. The summed E-state index contributed by atoms with van der Waals surface area (Å²) in [7, 11) is -9.04. The first-order chi connectivity index (χ1) is 7.83. The van der Waals surface area contributed by atoms with Gasteiger partial charge in [-0.3, -0.25) is 9.05 Å². The molecule has 17 heavy (non-hydrogen) atoms. The molecule has 0 aliphatic carbocycles. The van der Waals surface area contributed by atoms with Gasteiger partial charge in [0, 0.05) is 0 Å². The Morgan fingerprint density at radius 2 is 1.65 bits per heavy atom. The van der Waals surface area contributed by atoms with Gasteiger partial charge in [-0.15, -0.1) is 0 Å². The van der Waals surface area contributed by atoms with Gasteiger partial charge < -0.3 is 9.79 Å². The van der Waals surface area contributed by atoms with E-state index in [9.17, 15) is 9.13 Å². The van der Waals surface area contributed by atoms with Gasteiger partial charge in [-0.05, 0) is 13.3 Å². The molecule has 0 spiro atoms. The summed E-state index contributed by atoms with van der Waals surface area (Å²) in [6, 6.07) is 0. The van der Waals surface area contributed by atoms with Gasteiger partial charge in [0.15, 0.2) is 0 Å². The zero-order valence-corrected chi connectivity index (χ0v) is 11.9. The minimum absolute atomic E-state index is 0.0216. The summed E-state index contributed by atoms with van der Waals surface area (Å²) in [5, 5.41) is 0. The van der Waals surface area contributed by atoms with Crippen molar-refractivity contribution in [3.63, 3.8) is 0 Å². The largest absolute Gasteiger partial charge is 0.483 e. The molecule has 0 saturated heterocycles. The Bertz CT molecular complexity index is 288. The second-order valence-corrected chi connectivity index (χ2v) is 6.38. The first-order valence-electron chi connectivity index (χ1n) is 5.49. The van der Waals surface area contributed by atoms with Crippen LogP contribution in [0, 0.1) is 0 Å². The van der Waals surface area contributed by atoms with E-state index in [1.54, 1.807) is 0 Å². The number of hydrogen-bond donors (Lipinski definition) is 2. The van der Waals surface area contributed by atoms with Crippen LogP contribution in [0.4, 0.5) is 0 Å². The first kappa shape index (κ1) is 17.3. The Morgan fingerprint density at radius 3 is 2.12 bits per heavy atom. The third kappa shape index (κ3) is 9.92. The SMILES string of the molecule is CCCCCCOP(=O)(OCC)OP(=O)(O)O. The second-order valence-electron chi connectivity index (χ2n) is 3.33. The van der Waals surface area contributed by atoms with E-state index in [0.29, 0.717) is 6.42 Å². The van der Waals surface area contributed by atoms with E-state index in [2.05, 4.69) is 8.83 Å². The summed E-state index contributed by atoms with van der Waals surface area (Å²) in [6.07, 6.45) is 3.58. The molecule has 0 fully saturated rings. The van der Waals surface area contributed by atoms with Crippen molar-refractivity contribution in [1.82, 2.24) is 0 Å². The fourth-order valence-corrected chi connectivity index (χ4v) is 3.24. The maximum atomic E-state index is 11.7. The lowest BCUT2D eigenvalue weighted by Gasteiger charge is -2.17. The van der Waals surface area contributed by atoms with Crippen LogP contribution in [0.1, 0.15) is 39.5 Å². The van der Waals surface area contributed by atoms with Crippen LogP contribution in [0.3, 0.4) is 0 Å². The Hall–Kier alpha value is 0.260. The molecule has 7 nitrogen and oxygen atoms in total. The van der Waals surface area contributed by atoms with Crippen molar-refractivity contribution in [3.8, 4) is 0 Å². The highest BCUT2D eigenvalue weighted by molar-refractivity contribution is 7.61. The van der Waals surface area contributed by atoms with E-state index in [4.69, 9.17) is 14.3 Å². The number of phosphoric acid groups is 2. The fourth-order valence-electron chi connectivity index (χ4n) is 1.08. The van der Waals surface area contributed by atoms with Gasteiger partial charge in [0.25, 0.3) is 0 Å². The van der Waals surface area contributed by atoms with Gasteiger partial charge in [0.1, 0.15) is 0 Å². The van der Waals surface area contributed by atoms with Crippen molar-refractivity contribution in [1.29, 1.82) is 0 Å². The zero-order chi connectivity index (χ0) is 13.4. The van der Waals surface area contributed by atoms with E-state index in [0.717, 1.165) is 19.3 Å². The van der Waals surface area contributed by atoms with E-state index < -0.39 is 15.6 Å². The van der Waals surface area contributed by atoms with E-state index in [1.807, 2.05) is 6.92 Å². The minimum Gasteiger partial charge on any atom is -0.302 e. The molecule has 0 amide bonds. The molecule has 0 saturated carbocycles. The molecule has 0 aliphatic heterocycles. The molecule has 1 unspecified atom stereocenters. The summed E-state index contributed by atoms with van der Waals surface area (Å²) < 4.78 is 35.8. The second kappa shape index (κ2) is 8.38. The number of rotatable bonds is 10. The van der Waals surface area contributed by atoms with Crippen molar-refractivity contribution in [2.45, 2.75) is 39.5 Å². The van der Waals surface area contributed by atoms with Gasteiger partial charge >= 0.3 is 15.6 Å². The lowest BCUT2D eigenvalue weighted by molar-refractivity contribution is 0.142. The van der Waals surface area contributed by atoms with Crippen LogP contribution in [0.25, 0.3) is 0 Å². The minimum atomic E-state index is -4.89. The maximum Gasteiger partial charge on any atom is 0.483 e. The molecule has 0 aliphatic rings. The topological polar surface area (TPSA) is 102 Å². The van der Waals surface area contributed by atoms with E-state index >= 15 is 0 Å². The average molecular weight is 290 g/mol. The number of unbranched alkanes of at least 4 members (excludes halogenated alkanes) is 3. The summed E-state index contributed by atoms with van der Waals surface area (Å²) in [5.41, 5.74) is 0. The lowest BCUT2D eigenvalue weighted by Crippen LogP contribution is -2.00. The molecule has 0 aromatic heterocycles. The van der Waals surface area contributed by atoms with Gasteiger partial charge in [-0.1, -0.05) is 26.2 Å². The van der Waals surface area contributed by atoms with Crippen molar-refractivity contribution >= 4 is 15.6 Å². The van der Waals surface area contributed by atoms with E-state index in [-0.39, 0.29) is 13.2 Å². The number of hydrogen-bond acceptors (Lipinski definition) is 5. The Labute approximate surface area is 101 Å². The molecule has 0 rings (SSSR count).